The van der Waals surface area contributed by atoms with Crippen LogP contribution < -0.4 is 5.73 Å². The molecule has 1 fully saturated rings. The molecule has 0 aliphatic carbocycles. The second-order valence-corrected chi connectivity index (χ2v) is 6.56. The van der Waals surface area contributed by atoms with Crippen LogP contribution in [0.3, 0.4) is 0 Å². The van der Waals surface area contributed by atoms with Crippen molar-refractivity contribution in [2.24, 2.45) is 5.73 Å². The Bertz CT molecular complexity index is 576. The highest BCUT2D eigenvalue weighted by Crippen LogP contribution is 2.15. The molecule has 6 heteroatoms. The van der Waals surface area contributed by atoms with E-state index in [0.717, 1.165) is 24.2 Å². The van der Waals surface area contributed by atoms with E-state index < -0.39 is 6.04 Å². The zero-order chi connectivity index (χ0) is 18.4. The predicted molar refractivity (Wildman–Crippen MR) is 99.1 cm³/mol. The Morgan fingerprint density at radius 2 is 1.56 bits per heavy atom. The predicted octanol–water partition coefficient (Wildman–Crippen LogP) is 1.01. The summed E-state index contributed by atoms with van der Waals surface area (Å²) in [5, 5.41) is 0. The molecular formula is C19H30N4O2. The van der Waals surface area contributed by atoms with Gasteiger partial charge in [-0.25, -0.2) is 0 Å². The van der Waals surface area contributed by atoms with Gasteiger partial charge in [-0.1, -0.05) is 43.7 Å². The Kier molecular flexibility index (Phi) is 6.96. The fourth-order valence-electron chi connectivity index (χ4n) is 3.03. The zero-order valence-electron chi connectivity index (χ0n) is 15.6. The molecule has 1 aliphatic rings. The van der Waals surface area contributed by atoms with Gasteiger partial charge in [0.25, 0.3) is 0 Å². The van der Waals surface area contributed by atoms with Gasteiger partial charge in [-0.05, 0) is 25.6 Å². The second-order valence-electron chi connectivity index (χ2n) is 6.56. The fourth-order valence-corrected chi connectivity index (χ4v) is 3.03. The maximum absolute atomic E-state index is 12.6. The number of amides is 2. The van der Waals surface area contributed by atoms with E-state index in [-0.39, 0.29) is 11.8 Å². The van der Waals surface area contributed by atoms with Crippen LogP contribution in [-0.4, -0.2) is 72.3 Å². The molecule has 2 amide bonds. The van der Waals surface area contributed by atoms with Gasteiger partial charge in [0, 0.05) is 26.2 Å². The first kappa shape index (κ1) is 19.4. The van der Waals surface area contributed by atoms with Crippen LogP contribution in [0.25, 0.3) is 0 Å². The molecule has 138 valence electrons. The molecule has 0 spiro atoms. The summed E-state index contributed by atoms with van der Waals surface area (Å²) in [6.45, 7) is 10.5. The number of aryl methyl sites for hydroxylation is 1. The van der Waals surface area contributed by atoms with Crippen LogP contribution in [0.15, 0.2) is 24.3 Å². The van der Waals surface area contributed by atoms with Gasteiger partial charge in [0.1, 0.15) is 6.04 Å². The summed E-state index contributed by atoms with van der Waals surface area (Å²) in [6.07, 6.45) is 0. The van der Waals surface area contributed by atoms with Crippen molar-refractivity contribution < 1.29 is 9.59 Å². The number of nitrogens with two attached hydrogens (primary N) is 1. The van der Waals surface area contributed by atoms with E-state index in [1.165, 1.54) is 0 Å². The van der Waals surface area contributed by atoms with Crippen molar-refractivity contribution >= 4 is 11.8 Å². The molecule has 0 saturated carbocycles. The Morgan fingerprint density at radius 3 is 2.08 bits per heavy atom. The monoisotopic (exact) mass is 346 g/mol. The van der Waals surface area contributed by atoms with E-state index in [0.29, 0.717) is 32.7 Å². The summed E-state index contributed by atoms with van der Waals surface area (Å²) in [5.74, 6) is 0.0679. The first-order valence-electron chi connectivity index (χ1n) is 9.07. The quantitative estimate of drug-likeness (QED) is 0.834. The van der Waals surface area contributed by atoms with Crippen molar-refractivity contribution in [3.8, 4) is 0 Å². The van der Waals surface area contributed by atoms with Crippen LogP contribution in [0.4, 0.5) is 0 Å². The topological polar surface area (TPSA) is 69.9 Å². The lowest BCUT2D eigenvalue weighted by molar-refractivity contribution is -0.141. The minimum Gasteiger partial charge on any atom is -0.338 e. The highest BCUT2D eigenvalue weighted by Gasteiger charge is 2.28. The SMILES string of the molecule is CCN(CC)CC(=O)N1CCN(C(=O)C(N)c2ccc(C)cc2)CC1. The molecule has 2 N–H and O–H groups in total. The van der Waals surface area contributed by atoms with Gasteiger partial charge in [-0.2, -0.15) is 0 Å². The molecule has 1 heterocycles. The van der Waals surface area contributed by atoms with Crippen molar-refractivity contribution in [3.05, 3.63) is 35.4 Å². The number of benzene rings is 1. The lowest BCUT2D eigenvalue weighted by Crippen LogP contribution is -2.54. The Morgan fingerprint density at radius 1 is 1.04 bits per heavy atom. The van der Waals surface area contributed by atoms with E-state index >= 15 is 0 Å². The minimum absolute atomic E-state index is 0.0697. The minimum atomic E-state index is -0.640. The standard InChI is InChI=1S/C19H30N4O2/c1-4-21(5-2)14-17(24)22-10-12-23(13-11-22)19(25)18(20)16-8-6-15(3)7-9-16/h6-9,18H,4-5,10-14,20H2,1-3H3. The Balaban J connectivity index is 1.87. The molecule has 1 unspecified atom stereocenters. The summed E-state index contributed by atoms with van der Waals surface area (Å²) >= 11 is 0. The molecule has 0 aromatic heterocycles. The number of hydrogen-bond acceptors (Lipinski definition) is 4. The second kappa shape index (κ2) is 8.97. The van der Waals surface area contributed by atoms with Crippen molar-refractivity contribution in [2.75, 3.05) is 45.8 Å². The van der Waals surface area contributed by atoms with Crippen molar-refractivity contribution in [3.63, 3.8) is 0 Å². The van der Waals surface area contributed by atoms with Crippen molar-refractivity contribution in [1.82, 2.24) is 14.7 Å². The van der Waals surface area contributed by atoms with Gasteiger partial charge in [0.05, 0.1) is 6.54 Å². The average molecular weight is 346 g/mol. The number of carbonyl (C=O) groups excluding carboxylic acids is 2. The van der Waals surface area contributed by atoms with Crippen LogP contribution in [-0.2, 0) is 9.59 Å². The molecule has 1 aliphatic heterocycles. The summed E-state index contributed by atoms with van der Waals surface area (Å²) in [7, 11) is 0. The highest BCUT2D eigenvalue weighted by molar-refractivity contribution is 5.84. The average Bonchev–Trinajstić information content (AvgIpc) is 2.65. The highest BCUT2D eigenvalue weighted by atomic mass is 16.2. The van der Waals surface area contributed by atoms with Crippen molar-refractivity contribution in [2.45, 2.75) is 26.8 Å². The van der Waals surface area contributed by atoms with Crippen LogP contribution in [0.5, 0.6) is 0 Å². The van der Waals surface area contributed by atoms with E-state index in [4.69, 9.17) is 5.73 Å². The Labute approximate surface area is 150 Å². The third-order valence-corrected chi connectivity index (χ3v) is 4.90. The molecule has 1 aromatic rings. The first-order chi connectivity index (χ1) is 12.0. The zero-order valence-corrected chi connectivity index (χ0v) is 15.6. The smallest absolute Gasteiger partial charge is 0.244 e. The lowest BCUT2D eigenvalue weighted by atomic mass is 10.0. The molecule has 0 radical (unpaired) electrons. The molecule has 1 atom stereocenters. The third kappa shape index (κ3) is 5.03. The van der Waals surface area contributed by atoms with Gasteiger partial charge in [0.15, 0.2) is 0 Å². The molecule has 0 bridgehead atoms. The molecule has 1 aromatic carbocycles. The fraction of sp³-hybridized carbons (Fsp3) is 0.579. The van der Waals surface area contributed by atoms with Crippen LogP contribution in [0.1, 0.15) is 31.0 Å². The number of likely N-dealkylation sites (N-methyl/N-ethyl adjacent to an activating group) is 1. The number of carbonyl (C=O) groups is 2. The largest absolute Gasteiger partial charge is 0.338 e. The summed E-state index contributed by atoms with van der Waals surface area (Å²) in [5.41, 5.74) is 8.11. The molecular weight excluding hydrogens is 316 g/mol. The van der Waals surface area contributed by atoms with E-state index in [1.54, 1.807) is 4.90 Å². The van der Waals surface area contributed by atoms with Gasteiger partial charge in [-0.3, -0.25) is 14.5 Å². The van der Waals surface area contributed by atoms with Gasteiger partial charge in [-0.15, -0.1) is 0 Å². The maximum atomic E-state index is 12.6. The summed E-state index contributed by atoms with van der Waals surface area (Å²) in [4.78, 5) is 30.7. The molecule has 25 heavy (non-hydrogen) atoms. The maximum Gasteiger partial charge on any atom is 0.244 e. The van der Waals surface area contributed by atoms with Gasteiger partial charge >= 0.3 is 0 Å². The summed E-state index contributed by atoms with van der Waals surface area (Å²) in [6, 6.07) is 7.10. The van der Waals surface area contributed by atoms with Gasteiger partial charge in [0.2, 0.25) is 11.8 Å². The van der Waals surface area contributed by atoms with E-state index in [2.05, 4.69) is 18.7 Å². The molecule has 2 rings (SSSR count). The number of rotatable bonds is 6. The van der Waals surface area contributed by atoms with Crippen LogP contribution >= 0.6 is 0 Å². The van der Waals surface area contributed by atoms with E-state index in [9.17, 15) is 9.59 Å². The number of piperazine rings is 1. The number of nitrogens with zero attached hydrogens (tertiary/aromatic N) is 3. The van der Waals surface area contributed by atoms with Crippen molar-refractivity contribution in [1.29, 1.82) is 0 Å². The third-order valence-electron chi connectivity index (χ3n) is 4.90. The van der Waals surface area contributed by atoms with E-state index in [1.807, 2.05) is 36.1 Å². The number of hydrogen-bond donors (Lipinski definition) is 1. The Hall–Kier alpha value is -1.92. The molecule has 6 nitrogen and oxygen atoms in total. The summed E-state index contributed by atoms with van der Waals surface area (Å²) < 4.78 is 0. The first-order valence-corrected chi connectivity index (χ1v) is 9.07. The lowest BCUT2D eigenvalue weighted by Gasteiger charge is -2.36. The van der Waals surface area contributed by atoms with Crippen LogP contribution in [0.2, 0.25) is 0 Å². The van der Waals surface area contributed by atoms with Crippen LogP contribution in [0, 0.1) is 6.92 Å². The molecule has 1 saturated heterocycles. The normalized spacial score (nSPS) is 16.2. The van der Waals surface area contributed by atoms with Gasteiger partial charge < -0.3 is 15.5 Å².